The molecule has 3 rings (SSSR count). The van der Waals surface area contributed by atoms with E-state index >= 15 is 0 Å². The Hall–Kier alpha value is -2.83. The predicted molar refractivity (Wildman–Crippen MR) is 80.4 cm³/mol. The highest BCUT2D eigenvalue weighted by atomic mass is 19.4. The average molecular weight is 333 g/mol. The predicted octanol–water partition coefficient (Wildman–Crippen LogP) is 4.67. The summed E-state index contributed by atoms with van der Waals surface area (Å²) in [6, 6.07) is 5.39. The first-order valence-electron chi connectivity index (χ1n) is 6.97. The second-order valence-electron chi connectivity index (χ2n) is 5.21. The number of hydrogen-bond donors (Lipinski definition) is 0. The molecule has 0 spiro atoms. The molecule has 0 aliphatic heterocycles. The maximum absolute atomic E-state index is 14.3. The van der Waals surface area contributed by atoms with Gasteiger partial charge in [-0.2, -0.15) is 13.2 Å². The number of aromatic nitrogens is 3. The van der Waals surface area contributed by atoms with Gasteiger partial charge in [-0.1, -0.05) is 12.1 Å². The van der Waals surface area contributed by atoms with Crippen molar-refractivity contribution in [1.82, 2.24) is 15.0 Å². The van der Waals surface area contributed by atoms with Crippen LogP contribution in [0.3, 0.4) is 0 Å². The van der Waals surface area contributed by atoms with Crippen LogP contribution in [0.2, 0.25) is 0 Å². The zero-order chi connectivity index (χ0) is 17.3. The Morgan fingerprint density at radius 2 is 1.46 bits per heavy atom. The third kappa shape index (κ3) is 3.24. The topological polar surface area (TPSA) is 38.7 Å². The van der Waals surface area contributed by atoms with Crippen LogP contribution in [0.5, 0.6) is 0 Å². The lowest BCUT2D eigenvalue weighted by atomic mass is 10.1. The monoisotopic (exact) mass is 333 g/mol. The van der Waals surface area contributed by atoms with Crippen LogP contribution < -0.4 is 0 Å². The number of nitrogens with zero attached hydrogens (tertiary/aromatic N) is 3. The summed E-state index contributed by atoms with van der Waals surface area (Å²) in [7, 11) is 0. The molecule has 3 nitrogen and oxygen atoms in total. The maximum Gasteiger partial charge on any atom is 0.416 e. The molecule has 0 aliphatic rings. The van der Waals surface area contributed by atoms with E-state index in [2.05, 4.69) is 15.0 Å². The molecule has 0 fully saturated rings. The first-order chi connectivity index (χ1) is 11.3. The zero-order valence-electron chi connectivity index (χ0n) is 12.5. The minimum atomic E-state index is -4.43. The highest BCUT2D eigenvalue weighted by Gasteiger charge is 2.30. The molecule has 24 heavy (non-hydrogen) atoms. The smallest absolute Gasteiger partial charge is 0.252 e. The Balaban J connectivity index is 1.94. The Labute approximate surface area is 135 Å². The molecule has 0 N–H and O–H groups in total. The van der Waals surface area contributed by atoms with Crippen molar-refractivity contribution in [3.63, 3.8) is 0 Å². The molecule has 3 aromatic rings. The van der Waals surface area contributed by atoms with Crippen molar-refractivity contribution in [2.75, 3.05) is 0 Å². The minimum Gasteiger partial charge on any atom is -0.252 e. The number of aryl methyl sites for hydroxylation is 1. The molecule has 0 bridgehead atoms. The Kier molecular flexibility index (Phi) is 4.01. The molecule has 0 aliphatic carbocycles. The summed E-state index contributed by atoms with van der Waals surface area (Å²) in [6.07, 6.45) is 0.159. The molecule has 0 atom stereocenters. The summed E-state index contributed by atoms with van der Waals surface area (Å²) in [5, 5.41) is 0. The second-order valence-corrected chi connectivity index (χ2v) is 5.21. The standard InChI is InChI=1S/C17H11F4N3/c1-10-7-23-16(24-8-10)12-6-14(18)15(22-9-12)11-2-4-13(5-3-11)17(19,20)21/h2-9H,1H3. The molecule has 0 unspecified atom stereocenters. The molecule has 2 heterocycles. The lowest BCUT2D eigenvalue weighted by molar-refractivity contribution is -0.137. The van der Waals surface area contributed by atoms with Crippen LogP contribution in [0, 0.1) is 12.7 Å². The van der Waals surface area contributed by atoms with Gasteiger partial charge in [0.25, 0.3) is 0 Å². The highest BCUT2D eigenvalue weighted by molar-refractivity contribution is 5.64. The van der Waals surface area contributed by atoms with Crippen molar-refractivity contribution in [3.8, 4) is 22.6 Å². The van der Waals surface area contributed by atoms with Crippen molar-refractivity contribution in [1.29, 1.82) is 0 Å². The molecule has 0 amide bonds. The van der Waals surface area contributed by atoms with Gasteiger partial charge in [-0.3, -0.25) is 4.98 Å². The molecule has 1 aromatic carbocycles. The fourth-order valence-electron chi connectivity index (χ4n) is 2.13. The maximum atomic E-state index is 14.3. The van der Waals surface area contributed by atoms with Gasteiger partial charge in [-0.15, -0.1) is 0 Å². The van der Waals surface area contributed by atoms with Gasteiger partial charge in [-0.05, 0) is 30.7 Å². The summed E-state index contributed by atoms with van der Waals surface area (Å²) in [6.45, 7) is 1.83. The first kappa shape index (κ1) is 16.0. The molecular weight excluding hydrogens is 322 g/mol. The molecule has 0 saturated heterocycles. The first-order valence-corrected chi connectivity index (χ1v) is 6.97. The van der Waals surface area contributed by atoms with Crippen molar-refractivity contribution in [2.24, 2.45) is 0 Å². The molecule has 2 aromatic heterocycles. The van der Waals surface area contributed by atoms with E-state index in [0.717, 1.165) is 17.7 Å². The van der Waals surface area contributed by atoms with Crippen molar-refractivity contribution in [2.45, 2.75) is 13.1 Å². The van der Waals surface area contributed by atoms with Gasteiger partial charge in [0.1, 0.15) is 11.5 Å². The Morgan fingerprint density at radius 1 is 0.833 bits per heavy atom. The van der Waals surface area contributed by atoms with Crippen LogP contribution in [-0.2, 0) is 6.18 Å². The van der Waals surface area contributed by atoms with E-state index in [4.69, 9.17) is 0 Å². The second kappa shape index (κ2) is 5.99. The minimum absolute atomic E-state index is 0.0282. The van der Waals surface area contributed by atoms with E-state index in [1.54, 1.807) is 12.4 Å². The summed E-state index contributed by atoms with van der Waals surface area (Å²) in [4.78, 5) is 12.2. The van der Waals surface area contributed by atoms with E-state index < -0.39 is 17.6 Å². The SMILES string of the molecule is Cc1cnc(-c2cnc(-c3ccc(C(F)(F)F)cc3)c(F)c2)nc1. The van der Waals surface area contributed by atoms with Crippen molar-refractivity contribution >= 4 is 0 Å². The van der Waals surface area contributed by atoms with Crippen LogP contribution in [0.25, 0.3) is 22.6 Å². The van der Waals surface area contributed by atoms with Gasteiger partial charge >= 0.3 is 6.18 Å². The fraction of sp³-hybridized carbons (Fsp3) is 0.118. The van der Waals surface area contributed by atoms with E-state index in [1.165, 1.54) is 24.4 Å². The van der Waals surface area contributed by atoms with Crippen LogP contribution in [0.1, 0.15) is 11.1 Å². The molecule has 7 heteroatoms. The van der Waals surface area contributed by atoms with Crippen LogP contribution in [-0.4, -0.2) is 15.0 Å². The number of halogens is 4. The van der Waals surface area contributed by atoms with Gasteiger partial charge in [0.15, 0.2) is 5.82 Å². The molecular formula is C17H11F4N3. The van der Waals surface area contributed by atoms with Gasteiger partial charge in [0.2, 0.25) is 0 Å². The largest absolute Gasteiger partial charge is 0.416 e. The molecule has 0 radical (unpaired) electrons. The van der Waals surface area contributed by atoms with Crippen LogP contribution in [0.15, 0.2) is 48.9 Å². The van der Waals surface area contributed by atoms with E-state index in [1.807, 2.05) is 6.92 Å². The van der Waals surface area contributed by atoms with E-state index in [9.17, 15) is 17.6 Å². The molecule has 0 saturated carbocycles. The number of hydrogen-bond acceptors (Lipinski definition) is 3. The van der Waals surface area contributed by atoms with Crippen LogP contribution in [0.4, 0.5) is 17.6 Å². The van der Waals surface area contributed by atoms with Crippen molar-refractivity contribution in [3.05, 3.63) is 65.9 Å². The van der Waals surface area contributed by atoms with Crippen molar-refractivity contribution < 1.29 is 17.6 Å². The quantitative estimate of drug-likeness (QED) is 0.640. The lowest BCUT2D eigenvalue weighted by Crippen LogP contribution is -2.04. The van der Waals surface area contributed by atoms with Gasteiger partial charge in [0, 0.05) is 29.7 Å². The average Bonchev–Trinajstić information content (AvgIpc) is 2.55. The third-order valence-corrected chi connectivity index (χ3v) is 3.37. The zero-order valence-corrected chi connectivity index (χ0v) is 12.5. The van der Waals surface area contributed by atoms with Gasteiger partial charge in [-0.25, -0.2) is 14.4 Å². The fourth-order valence-corrected chi connectivity index (χ4v) is 2.13. The van der Waals surface area contributed by atoms with Gasteiger partial charge < -0.3 is 0 Å². The normalized spacial score (nSPS) is 11.5. The van der Waals surface area contributed by atoms with E-state index in [-0.39, 0.29) is 11.3 Å². The summed E-state index contributed by atoms with van der Waals surface area (Å²) in [5.41, 5.74) is 0.699. The number of benzene rings is 1. The van der Waals surface area contributed by atoms with E-state index in [0.29, 0.717) is 11.4 Å². The van der Waals surface area contributed by atoms with Crippen LogP contribution >= 0.6 is 0 Å². The summed E-state index contributed by atoms with van der Waals surface area (Å²) < 4.78 is 52.0. The number of pyridine rings is 1. The summed E-state index contributed by atoms with van der Waals surface area (Å²) >= 11 is 0. The molecule has 122 valence electrons. The highest BCUT2D eigenvalue weighted by Crippen LogP contribution is 2.31. The van der Waals surface area contributed by atoms with Gasteiger partial charge in [0.05, 0.1) is 5.56 Å². The number of rotatable bonds is 2. The Morgan fingerprint density at radius 3 is 2.00 bits per heavy atom. The Bertz CT molecular complexity index is 856. The summed E-state index contributed by atoms with van der Waals surface area (Å²) in [5.74, 6) is -0.331. The third-order valence-electron chi connectivity index (χ3n) is 3.37. The number of alkyl halides is 3. The lowest BCUT2D eigenvalue weighted by Gasteiger charge is -2.08.